The predicted octanol–water partition coefficient (Wildman–Crippen LogP) is 2.62. The number of hydrogen-bond acceptors (Lipinski definition) is 4. The van der Waals surface area contributed by atoms with Gasteiger partial charge in [0.15, 0.2) is 0 Å². The Hall–Kier alpha value is -1.75. The average Bonchev–Trinajstić information content (AvgIpc) is 2.87. The summed E-state index contributed by atoms with van der Waals surface area (Å²) in [7, 11) is 0. The van der Waals surface area contributed by atoms with E-state index in [1.807, 2.05) is 13.8 Å². The molecule has 0 aliphatic heterocycles. The van der Waals surface area contributed by atoms with Crippen LogP contribution in [-0.4, -0.2) is 16.7 Å². The van der Waals surface area contributed by atoms with Crippen LogP contribution in [0.2, 0.25) is 0 Å². The highest BCUT2D eigenvalue weighted by Gasteiger charge is 2.20. The summed E-state index contributed by atoms with van der Waals surface area (Å²) in [5, 5.41) is 8.00. The van der Waals surface area contributed by atoms with Gasteiger partial charge in [0, 0.05) is 12.5 Å². The maximum absolute atomic E-state index is 13.6. The van der Waals surface area contributed by atoms with E-state index in [4.69, 9.17) is 10.2 Å². The quantitative estimate of drug-likeness (QED) is 0.900. The Morgan fingerprint density at radius 1 is 1.21 bits per heavy atom. The van der Waals surface area contributed by atoms with Crippen LogP contribution in [-0.2, 0) is 6.42 Å². The normalized spacial score (nSPS) is 12.9. The van der Waals surface area contributed by atoms with Gasteiger partial charge in [0.05, 0.1) is 5.92 Å². The summed E-state index contributed by atoms with van der Waals surface area (Å²) in [4.78, 5) is 0. The highest BCUT2D eigenvalue weighted by Crippen LogP contribution is 2.22. The second-order valence-electron chi connectivity index (χ2n) is 4.86. The van der Waals surface area contributed by atoms with Gasteiger partial charge in [0.2, 0.25) is 11.8 Å². The van der Waals surface area contributed by atoms with Gasteiger partial charge in [0.1, 0.15) is 5.82 Å². The minimum Gasteiger partial charge on any atom is -0.425 e. The first-order chi connectivity index (χ1) is 9.11. The topological polar surface area (TPSA) is 64.9 Å². The van der Waals surface area contributed by atoms with Crippen molar-refractivity contribution in [3.05, 3.63) is 47.4 Å². The van der Waals surface area contributed by atoms with E-state index in [0.29, 0.717) is 30.3 Å². The number of aromatic nitrogens is 2. The van der Waals surface area contributed by atoms with Crippen molar-refractivity contribution < 1.29 is 8.81 Å². The van der Waals surface area contributed by atoms with Crippen LogP contribution >= 0.6 is 0 Å². The number of halogens is 1. The maximum atomic E-state index is 13.6. The van der Waals surface area contributed by atoms with E-state index in [9.17, 15) is 4.39 Å². The van der Waals surface area contributed by atoms with Crippen molar-refractivity contribution in [2.45, 2.75) is 32.1 Å². The Bertz CT molecular complexity index is 539. The lowest BCUT2D eigenvalue weighted by Gasteiger charge is -2.11. The summed E-state index contributed by atoms with van der Waals surface area (Å²) in [5.74, 6) is 0.853. The van der Waals surface area contributed by atoms with Gasteiger partial charge in [-0.05, 0) is 18.1 Å². The third-order valence-corrected chi connectivity index (χ3v) is 3.01. The minimum absolute atomic E-state index is 0.156. The first-order valence-corrected chi connectivity index (χ1v) is 6.38. The van der Waals surface area contributed by atoms with Gasteiger partial charge in [-0.15, -0.1) is 10.2 Å². The fourth-order valence-electron chi connectivity index (χ4n) is 1.85. The molecule has 0 spiro atoms. The second-order valence-corrected chi connectivity index (χ2v) is 4.86. The van der Waals surface area contributed by atoms with Gasteiger partial charge >= 0.3 is 0 Å². The largest absolute Gasteiger partial charge is 0.425 e. The molecule has 0 aliphatic rings. The van der Waals surface area contributed by atoms with Crippen LogP contribution in [0.15, 0.2) is 28.7 Å². The summed E-state index contributed by atoms with van der Waals surface area (Å²) in [5.41, 5.74) is 6.35. The van der Waals surface area contributed by atoms with Gasteiger partial charge in [0.25, 0.3) is 0 Å². The van der Waals surface area contributed by atoms with E-state index < -0.39 is 0 Å². The van der Waals surface area contributed by atoms with Gasteiger partial charge in [-0.25, -0.2) is 4.39 Å². The molecule has 0 aliphatic carbocycles. The van der Waals surface area contributed by atoms with Crippen LogP contribution in [0.1, 0.15) is 43.0 Å². The van der Waals surface area contributed by atoms with Crippen molar-refractivity contribution in [1.82, 2.24) is 10.2 Å². The van der Waals surface area contributed by atoms with Gasteiger partial charge in [-0.1, -0.05) is 32.0 Å². The Balaban J connectivity index is 2.18. The first kappa shape index (κ1) is 13.7. The minimum atomic E-state index is -0.232. The fraction of sp³-hybridized carbons (Fsp3) is 0.429. The van der Waals surface area contributed by atoms with Crippen molar-refractivity contribution >= 4 is 0 Å². The average molecular weight is 263 g/mol. The molecule has 1 atom stereocenters. The van der Waals surface area contributed by atoms with Crippen molar-refractivity contribution in [1.29, 1.82) is 0 Å². The summed E-state index contributed by atoms with van der Waals surface area (Å²) in [6, 6.07) is 6.66. The van der Waals surface area contributed by atoms with Crippen molar-refractivity contribution in [3.8, 4) is 0 Å². The Kier molecular flexibility index (Phi) is 4.27. The van der Waals surface area contributed by atoms with Crippen LogP contribution in [0.3, 0.4) is 0 Å². The third-order valence-electron chi connectivity index (χ3n) is 3.01. The van der Waals surface area contributed by atoms with Gasteiger partial charge < -0.3 is 10.2 Å². The molecule has 1 heterocycles. The zero-order valence-corrected chi connectivity index (χ0v) is 11.1. The second kappa shape index (κ2) is 5.93. The third kappa shape index (κ3) is 3.17. The van der Waals surface area contributed by atoms with Crippen LogP contribution in [0.25, 0.3) is 0 Å². The van der Waals surface area contributed by atoms with E-state index in [1.165, 1.54) is 6.07 Å². The number of benzene rings is 1. The Labute approximate surface area is 111 Å². The summed E-state index contributed by atoms with van der Waals surface area (Å²) >= 11 is 0. The molecular weight excluding hydrogens is 245 g/mol. The molecule has 19 heavy (non-hydrogen) atoms. The van der Waals surface area contributed by atoms with Crippen LogP contribution in [0.4, 0.5) is 4.39 Å². The molecule has 0 radical (unpaired) electrons. The predicted molar refractivity (Wildman–Crippen MR) is 70.3 cm³/mol. The molecule has 0 saturated heterocycles. The molecule has 1 aromatic carbocycles. The highest BCUT2D eigenvalue weighted by atomic mass is 19.1. The van der Waals surface area contributed by atoms with Crippen molar-refractivity contribution in [2.75, 3.05) is 6.54 Å². The fourth-order valence-corrected chi connectivity index (χ4v) is 1.85. The number of nitrogens with two attached hydrogens (primary N) is 1. The van der Waals surface area contributed by atoms with Crippen LogP contribution in [0, 0.1) is 5.82 Å². The standard InChI is InChI=1S/C14H18FN3O/c1-9(2)13-17-18-14(19-13)11(8-16)7-10-5-3-4-6-12(10)15/h3-6,9,11H,7-8,16H2,1-2H3. The first-order valence-electron chi connectivity index (χ1n) is 6.38. The van der Waals surface area contributed by atoms with Crippen molar-refractivity contribution in [2.24, 2.45) is 5.73 Å². The summed E-state index contributed by atoms with van der Waals surface area (Å²) in [6.45, 7) is 4.30. The SMILES string of the molecule is CC(C)c1nnc(C(CN)Cc2ccccc2F)o1. The maximum Gasteiger partial charge on any atom is 0.221 e. The Morgan fingerprint density at radius 2 is 1.89 bits per heavy atom. The molecular formula is C14H18FN3O. The molecule has 1 unspecified atom stereocenters. The lowest BCUT2D eigenvalue weighted by atomic mass is 9.99. The molecule has 1 aromatic heterocycles. The zero-order valence-electron chi connectivity index (χ0n) is 11.1. The van der Waals surface area contributed by atoms with E-state index in [-0.39, 0.29) is 17.7 Å². The monoisotopic (exact) mass is 263 g/mol. The van der Waals surface area contributed by atoms with Gasteiger partial charge in [-0.2, -0.15) is 0 Å². The molecule has 0 saturated carbocycles. The highest BCUT2D eigenvalue weighted by molar-refractivity contribution is 5.19. The van der Waals surface area contributed by atoms with Gasteiger partial charge in [-0.3, -0.25) is 0 Å². The molecule has 102 valence electrons. The zero-order chi connectivity index (χ0) is 13.8. The number of hydrogen-bond donors (Lipinski definition) is 1. The smallest absolute Gasteiger partial charge is 0.221 e. The molecule has 0 amide bonds. The molecule has 0 fully saturated rings. The molecule has 0 bridgehead atoms. The number of rotatable bonds is 5. The molecule has 4 nitrogen and oxygen atoms in total. The van der Waals surface area contributed by atoms with Crippen LogP contribution in [0.5, 0.6) is 0 Å². The van der Waals surface area contributed by atoms with Crippen molar-refractivity contribution in [3.63, 3.8) is 0 Å². The van der Waals surface area contributed by atoms with E-state index in [0.717, 1.165) is 0 Å². The summed E-state index contributed by atoms with van der Waals surface area (Å²) in [6.07, 6.45) is 0.461. The molecule has 5 heteroatoms. The van der Waals surface area contributed by atoms with E-state index in [2.05, 4.69) is 10.2 Å². The molecule has 2 N–H and O–H groups in total. The summed E-state index contributed by atoms with van der Waals surface area (Å²) < 4.78 is 19.2. The Morgan fingerprint density at radius 3 is 2.47 bits per heavy atom. The van der Waals surface area contributed by atoms with Crippen LogP contribution < -0.4 is 5.73 Å². The van der Waals surface area contributed by atoms with E-state index in [1.54, 1.807) is 18.2 Å². The number of nitrogens with zero attached hydrogens (tertiary/aromatic N) is 2. The lowest BCUT2D eigenvalue weighted by Crippen LogP contribution is -2.16. The lowest BCUT2D eigenvalue weighted by molar-refractivity contribution is 0.400. The molecule has 2 aromatic rings. The molecule has 2 rings (SSSR count). The van der Waals surface area contributed by atoms with E-state index >= 15 is 0 Å².